The second kappa shape index (κ2) is 9.06. The Kier molecular flexibility index (Phi) is 6.53. The number of amides is 1. The van der Waals surface area contributed by atoms with E-state index in [1.165, 1.54) is 36.8 Å². The quantitative estimate of drug-likeness (QED) is 0.484. The molecule has 0 saturated heterocycles. The van der Waals surface area contributed by atoms with Gasteiger partial charge in [0.25, 0.3) is 0 Å². The Morgan fingerprint density at radius 2 is 1.96 bits per heavy atom. The maximum Gasteiger partial charge on any atom is 0.223 e. The molecular weight excluding hydrogens is 324 g/mol. The van der Waals surface area contributed by atoms with Gasteiger partial charge in [-0.15, -0.1) is 0 Å². The molecule has 1 aromatic rings. The van der Waals surface area contributed by atoms with Gasteiger partial charge in [0.05, 0.1) is 0 Å². The van der Waals surface area contributed by atoms with E-state index in [4.69, 9.17) is 0 Å². The van der Waals surface area contributed by atoms with Crippen LogP contribution < -0.4 is 10.6 Å². The normalized spacial score (nSPS) is 22.8. The van der Waals surface area contributed by atoms with Crippen LogP contribution in [-0.2, 0) is 17.9 Å². The molecule has 2 N–H and O–H groups in total. The topological polar surface area (TPSA) is 56.7 Å². The summed E-state index contributed by atoms with van der Waals surface area (Å²) in [6.45, 7) is 4.61. The highest BCUT2D eigenvalue weighted by atomic mass is 16.2. The van der Waals surface area contributed by atoms with Crippen molar-refractivity contribution in [3.63, 3.8) is 0 Å². The third-order valence-electron chi connectivity index (χ3n) is 5.55. The van der Waals surface area contributed by atoms with Crippen LogP contribution in [0.1, 0.15) is 56.6 Å². The first-order chi connectivity index (χ1) is 12.7. The number of rotatable bonds is 5. The summed E-state index contributed by atoms with van der Waals surface area (Å²) in [5.41, 5.74) is 2.57. The first-order valence-electron chi connectivity index (χ1n) is 9.97. The summed E-state index contributed by atoms with van der Waals surface area (Å²) in [5.74, 6) is 1.90. The van der Waals surface area contributed by atoms with Gasteiger partial charge in [-0.3, -0.25) is 9.79 Å². The van der Waals surface area contributed by atoms with Crippen LogP contribution in [0.3, 0.4) is 0 Å². The summed E-state index contributed by atoms with van der Waals surface area (Å²) in [7, 11) is 1.81. The van der Waals surface area contributed by atoms with Crippen molar-refractivity contribution < 1.29 is 4.79 Å². The van der Waals surface area contributed by atoms with E-state index in [0.29, 0.717) is 12.5 Å². The van der Waals surface area contributed by atoms with Gasteiger partial charge >= 0.3 is 0 Å². The van der Waals surface area contributed by atoms with Gasteiger partial charge in [-0.2, -0.15) is 0 Å². The molecule has 1 aromatic carbocycles. The Morgan fingerprint density at radius 3 is 2.62 bits per heavy atom. The van der Waals surface area contributed by atoms with Crippen LogP contribution in [0.25, 0.3) is 0 Å². The monoisotopic (exact) mass is 356 g/mol. The van der Waals surface area contributed by atoms with Crippen molar-refractivity contribution in [2.45, 2.75) is 64.6 Å². The van der Waals surface area contributed by atoms with Crippen LogP contribution in [0.15, 0.2) is 29.3 Å². The molecule has 5 nitrogen and oxygen atoms in total. The van der Waals surface area contributed by atoms with E-state index < -0.39 is 0 Å². The molecule has 1 aliphatic carbocycles. The standard InChI is InChI=1S/C21H32N4O/c1-16-7-5-10-19(13-16)24-21(22-2)23-12-6-11-20(26)25-14-17-8-3-4-9-18(17)15-25/h3-4,8-9,16,19H,5-7,10-15H2,1-2H3,(H2,22,23,24). The molecule has 2 atom stereocenters. The largest absolute Gasteiger partial charge is 0.356 e. The fourth-order valence-corrected chi connectivity index (χ4v) is 4.07. The summed E-state index contributed by atoms with van der Waals surface area (Å²) >= 11 is 0. The van der Waals surface area contributed by atoms with E-state index in [1.54, 1.807) is 0 Å². The van der Waals surface area contributed by atoms with E-state index in [1.807, 2.05) is 24.1 Å². The fraction of sp³-hybridized carbons (Fsp3) is 0.619. The first-order valence-corrected chi connectivity index (χ1v) is 9.97. The van der Waals surface area contributed by atoms with Crippen molar-refractivity contribution in [1.29, 1.82) is 0 Å². The summed E-state index contributed by atoms with van der Waals surface area (Å²) in [6.07, 6.45) is 6.48. The molecule has 1 fully saturated rings. The second-order valence-electron chi connectivity index (χ2n) is 7.73. The van der Waals surface area contributed by atoms with E-state index in [9.17, 15) is 4.79 Å². The minimum absolute atomic E-state index is 0.243. The third kappa shape index (κ3) is 4.99. The number of nitrogens with one attached hydrogen (secondary N) is 2. The van der Waals surface area contributed by atoms with Crippen LogP contribution in [0.5, 0.6) is 0 Å². The number of aliphatic imine (C=N–C) groups is 1. The number of guanidine groups is 1. The van der Waals surface area contributed by atoms with E-state index in [-0.39, 0.29) is 5.91 Å². The van der Waals surface area contributed by atoms with Crippen LogP contribution >= 0.6 is 0 Å². The second-order valence-corrected chi connectivity index (χ2v) is 7.73. The number of fused-ring (bicyclic) bond motifs is 1. The molecule has 0 bridgehead atoms. The van der Waals surface area contributed by atoms with Crippen molar-refractivity contribution in [2.24, 2.45) is 10.9 Å². The van der Waals surface area contributed by atoms with Crippen molar-refractivity contribution in [3.8, 4) is 0 Å². The highest BCUT2D eigenvalue weighted by Crippen LogP contribution is 2.24. The number of benzene rings is 1. The summed E-state index contributed by atoms with van der Waals surface area (Å²) in [4.78, 5) is 18.7. The van der Waals surface area contributed by atoms with Gasteiger partial charge in [0.15, 0.2) is 5.96 Å². The van der Waals surface area contributed by atoms with Crippen molar-refractivity contribution in [1.82, 2.24) is 15.5 Å². The lowest BCUT2D eigenvalue weighted by molar-refractivity contribution is -0.131. The Labute approximate surface area is 157 Å². The number of carbonyl (C=O) groups is 1. The first kappa shape index (κ1) is 18.7. The zero-order valence-electron chi connectivity index (χ0n) is 16.1. The molecule has 5 heteroatoms. The van der Waals surface area contributed by atoms with Gasteiger partial charge in [0.2, 0.25) is 5.91 Å². The number of hydrogen-bond acceptors (Lipinski definition) is 2. The highest BCUT2D eigenvalue weighted by molar-refractivity contribution is 5.80. The molecule has 2 unspecified atom stereocenters. The number of hydrogen-bond donors (Lipinski definition) is 2. The smallest absolute Gasteiger partial charge is 0.223 e. The van der Waals surface area contributed by atoms with Gasteiger partial charge in [-0.1, -0.05) is 44.0 Å². The van der Waals surface area contributed by atoms with Gasteiger partial charge in [0, 0.05) is 39.1 Å². The lowest BCUT2D eigenvalue weighted by atomic mass is 9.87. The van der Waals surface area contributed by atoms with E-state index in [0.717, 1.165) is 37.9 Å². The maximum atomic E-state index is 12.4. The predicted octanol–water partition coefficient (Wildman–Crippen LogP) is 3.05. The van der Waals surface area contributed by atoms with Crippen LogP contribution in [0.2, 0.25) is 0 Å². The van der Waals surface area contributed by atoms with Gasteiger partial charge < -0.3 is 15.5 Å². The molecule has 1 amide bonds. The van der Waals surface area contributed by atoms with Crippen molar-refractivity contribution >= 4 is 11.9 Å². The molecule has 1 saturated carbocycles. The third-order valence-corrected chi connectivity index (χ3v) is 5.55. The molecule has 1 aliphatic heterocycles. The Morgan fingerprint density at radius 1 is 1.23 bits per heavy atom. The van der Waals surface area contributed by atoms with Crippen LogP contribution in [-0.4, -0.2) is 36.4 Å². The lowest BCUT2D eigenvalue weighted by Crippen LogP contribution is -2.45. The molecule has 0 spiro atoms. The van der Waals surface area contributed by atoms with E-state index >= 15 is 0 Å². The Bertz CT molecular complexity index is 618. The summed E-state index contributed by atoms with van der Waals surface area (Å²) < 4.78 is 0. The molecule has 0 aromatic heterocycles. The Balaban J connectivity index is 1.35. The number of carbonyl (C=O) groups excluding carboxylic acids is 1. The maximum absolute atomic E-state index is 12.4. The minimum Gasteiger partial charge on any atom is -0.356 e. The zero-order chi connectivity index (χ0) is 18.4. The van der Waals surface area contributed by atoms with Crippen molar-refractivity contribution in [3.05, 3.63) is 35.4 Å². The number of nitrogens with zero attached hydrogens (tertiary/aromatic N) is 2. The molecule has 142 valence electrons. The molecule has 3 rings (SSSR count). The van der Waals surface area contributed by atoms with Crippen LogP contribution in [0.4, 0.5) is 0 Å². The summed E-state index contributed by atoms with van der Waals surface area (Å²) in [5, 5.41) is 6.90. The minimum atomic E-state index is 0.243. The van der Waals surface area contributed by atoms with E-state index in [2.05, 4.69) is 34.7 Å². The van der Waals surface area contributed by atoms with Gasteiger partial charge in [-0.05, 0) is 36.3 Å². The van der Waals surface area contributed by atoms with Crippen LogP contribution in [0, 0.1) is 5.92 Å². The summed E-state index contributed by atoms with van der Waals surface area (Å²) in [6, 6.07) is 8.84. The highest BCUT2D eigenvalue weighted by Gasteiger charge is 2.22. The SMILES string of the molecule is CN=C(NCCCC(=O)N1Cc2ccccc2C1)NC1CCCC(C)C1. The zero-order valence-corrected chi connectivity index (χ0v) is 16.1. The van der Waals surface area contributed by atoms with Gasteiger partial charge in [0.1, 0.15) is 0 Å². The Hall–Kier alpha value is -2.04. The fourth-order valence-electron chi connectivity index (χ4n) is 4.07. The average Bonchev–Trinajstić information content (AvgIpc) is 3.08. The molecule has 1 heterocycles. The molecule has 26 heavy (non-hydrogen) atoms. The van der Waals surface area contributed by atoms with Crippen molar-refractivity contribution in [2.75, 3.05) is 13.6 Å². The predicted molar refractivity (Wildman–Crippen MR) is 106 cm³/mol. The average molecular weight is 357 g/mol. The molecule has 0 radical (unpaired) electrons. The van der Waals surface area contributed by atoms with Gasteiger partial charge in [-0.25, -0.2) is 0 Å². The lowest BCUT2D eigenvalue weighted by Gasteiger charge is -2.28. The molecule has 2 aliphatic rings. The molecular formula is C21H32N4O.